The van der Waals surface area contributed by atoms with Crippen molar-refractivity contribution >= 4 is 11.6 Å². The third-order valence-electron chi connectivity index (χ3n) is 8.87. The van der Waals surface area contributed by atoms with Crippen molar-refractivity contribution < 1.29 is 19.8 Å². The molecule has 2 aliphatic rings. The highest BCUT2D eigenvalue weighted by Crippen LogP contribution is 2.40. The number of nitrogens with one attached hydrogen (secondary N) is 4. The average molecular weight is 611 g/mol. The molecule has 6 atom stereocenters. The standard InChI is InChI=1S/C36H58N4O4/c1-5-7-9-11-13-17-23-37-35(25(3)41)39-29-21-22-30(40-36(26(4)42)38-24-18-14-12-10-8-6-2)32-31(29)33(43)27-19-15-16-20-28(27)34(32)44/h15-16,19-22,25-26,31-32,35-42H,5-14,17-18,23-24H2,1-4H3. The van der Waals surface area contributed by atoms with Gasteiger partial charge in [0.05, 0.1) is 24.0 Å². The van der Waals surface area contributed by atoms with Crippen molar-refractivity contribution in [2.45, 2.75) is 129 Å². The van der Waals surface area contributed by atoms with Crippen LogP contribution in [-0.4, -0.2) is 59.4 Å². The maximum Gasteiger partial charge on any atom is 0.173 e. The Labute approximate surface area is 265 Å². The minimum Gasteiger partial charge on any atom is -0.390 e. The average Bonchev–Trinajstić information content (AvgIpc) is 3.01. The number of unbranched alkanes of at least 4 members (excludes halogenated alkanes) is 10. The number of ketones is 2. The van der Waals surface area contributed by atoms with E-state index in [0.29, 0.717) is 22.5 Å². The van der Waals surface area contributed by atoms with Crippen LogP contribution in [0.15, 0.2) is 47.8 Å². The molecule has 44 heavy (non-hydrogen) atoms. The molecule has 0 fully saturated rings. The third-order valence-corrected chi connectivity index (χ3v) is 8.87. The Bertz CT molecular complexity index is 1010. The minimum absolute atomic E-state index is 0.120. The highest BCUT2D eigenvalue weighted by molar-refractivity contribution is 6.18. The van der Waals surface area contributed by atoms with E-state index in [4.69, 9.17) is 0 Å². The summed E-state index contributed by atoms with van der Waals surface area (Å²) in [6.07, 6.45) is 15.4. The van der Waals surface area contributed by atoms with E-state index in [-0.39, 0.29) is 11.6 Å². The van der Waals surface area contributed by atoms with Crippen LogP contribution in [0.4, 0.5) is 0 Å². The second-order valence-electron chi connectivity index (χ2n) is 12.6. The fourth-order valence-corrected chi connectivity index (χ4v) is 6.22. The highest BCUT2D eigenvalue weighted by atomic mass is 16.3. The predicted molar refractivity (Wildman–Crippen MR) is 178 cm³/mol. The van der Waals surface area contributed by atoms with Crippen LogP contribution in [0.1, 0.15) is 125 Å². The monoisotopic (exact) mass is 610 g/mol. The first-order valence-corrected chi connectivity index (χ1v) is 17.2. The summed E-state index contributed by atoms with van der Waals surface area (Å²) in [5.74, 6) is -1.75. The van der Waals surface area contributed by atoms with Gasteiger partial charge in [-0.15, -0.1) is 0 Å². The molecule has 0 saturated heterocycles. The van der Waals surface area contributed by atoms with Crippen LogP contribution in [0.25, 0.3) is 0 Å². The molecule has 246 valence electrons. The zero-order valence-corrected chi connectivity index (χ0v) is 27.5. The molecule has 0 aliphatic heterocycles. The lowest BCUT2D eigenvalue weighted by atomic mass is 9.69. The van der Waals surface area contributed by atoms with Gasteiger partial charge in [-0.2, -0.15) is 0 Å². The Morgan fingerprint density at radius 3 is 1.34 bits per heavy atom. The molecule has 0 radical (unpaired) electrons. The number of hydrogen-bond acceptors (Lipinski definition) is 8. The van der Waals surface area contributed by atoms with Crippen LogP contribution < -0.4 is 21.3 Å². The van der Waals surface area contributed by atoms with E-state index < -0.39 is 36.4 Å². The normalized spacial score (nSPS) is 20.6. The molecule has 1 aromatic rings. The first kappa shape index (κ1) is 36.0. The number of carbonyl (C=O) groups excluding carboxylic acids is 2. The molecule has 0 heterocycles. The molecule has 0 spiro atoms. The van der Waals surface area contributed by atoms with Crippen LogP contribution >= 0.6 is 0 Å². The van der Waals surface area contributed by atoms with Crippen LogP contribution in [0, 0.1) is 11.8 Å². The van der Waals surface area contributed by atoms with Crippen molar-refractivity contribution in [3.05, 3.63) is 58.9 Å². The summed E-state index contributed by atoms with van der Waals surface area (Å²) in [7, 11) is 0. The maximum atomic E-state index is 14.0. The number of carbonyl (C=O) groups is 2. The topological polar surface area (TPSA) is 123 Å². The molecule has 8 heteroatoms. The van der Waals surface area contributed by atoms with Gasteiger partial charge in [0.25, 0.3) is 0 Å². The second kappa shape index (κ2) is 19.1. The van der Waals surface area contributed by atoms with Crippen molar-refractivity contribution in [1.82, 2.24) is 21.3 Å². The Morgan fingerprint density at radius 1 is 0.614 bits per heavy atom. The zero-order valence-electron chi connectivity index (χ0n) is 27.5. The highest BCUT2D eigenvalue weighted by Gasteiger charge is 2.47. The number of Topliss-reactive ketones (excluding diaryl/α,β-unsaturated/α-hetero) is 2. The summed E-state index contributed by atoms with van der Waals surface area (Å²) in [6, 6.07) is 7.02. The molecular formula is C36H58N4O4. The van der Waals surface area contributed by atoms with Gasteiger partial charge in [0.15, 0.2) is 11.6 Å². The van der Waals surface area contributed by atoms with Crippen molar-refractivity contribution in [2.75, 3.05) is 13.1 Å². The first-order chi connectivity index (χ1) is 21.3. The summed E-state index contributed by atoms with van der Waals surface area (Å²) in [5, 5.41) is 34.9. The van der Waals surface area contributed by atoms with Gasteiger partial charge in [0.1, 0.15) is 12.3 Å². The molecule has 0 saturated carbocycles. The quantitative estimate of drug-likeness (QED) is 0.0744. The second-order valence-corrected chi connectivity index (χ2v) is 12.6. The number of fused-ring (bicyclic) bond motifs is 2. The number of allylic oxidation sites excluding steroid dienone is 4. The fraction of sp³-hybridized carbons (Fsp3) is 0.667. The Morgan fingerprint density at radius 2 is 0.977 bits per heavy atom. The largest absolute Gasteiger partial charge is 0.390 e. The van der Waals surface area contributed by atoms with E-state index in [0.717, 1.165) is 38.8 Å². The summed E-state index contributed by atoms with van der Waals surface area (Å²) < 4.78 is 0. The van der Waals surface area contributed by atoms with Gasteiger partial charge in [0, 0.05) is 22.5 Å². The summed E-state index contributed by atoms with van der Waals surface area (Å²) in [6.45, 7) is 9.36. The molecule has 0 bridgehead atoms. The van der Waals surface area contributed by atoms with Gasteiger partial charge < -0.3 is 20.8 Å². The SMILES string of the molecule is CCCCCCCCNC(NC1=CC=C(NC(NCCCCCCCC)C(C)O)C2C(=O)c3ccccc3C(=O)C12)C(C)O. The molecule has 6 N–H and O–H groups in total. The van der Waals surface area contributed by atoms with E-state index in [2.05, 4.69) is 35.1 Å². The van der Waals surface area contributed by atoms with Gasteiger partial charge in [-0.25, -0.2) is 0 Å². The maximum absolute atomic E-state index is 14.0. The van der Waals surface area contributed by atoms with Gasteiger partial charge in [0.2, 0.25) is 0 Å². The van der Waals surface area contributed by atoms with E-state index >= 15 is 0 Å². The van der Waals surface area contributed by atoms with Crippen molar-refractivity contribution in [3.8, 4) is 0 Å². The molecule has 2 aliphatic carbocycles. The molecule has 0 aromatic heterocycles. The van der Waals surface area contributed by atoms with Crippen LogP contribution in [0.3, 0.4) is 0 Å². The summed E-state index contributed by atoms with van der Waals surface area (Å²) >= 11 is 0. The summed E-state index contributed by atoms with van der Waals surface area (Å²) in [5.41, 5.74) is 2.08. The Hall–Kier alpha value is -2.52. The Kier molecular flexibility index (Phi) is 15.6. The first-order valence-electron chi connectivity index (χ1n) is 17.2. The van der Waals surface area contributed by atoms with Gasteiger partial charge >= 0.3 is 0 Å². The zero-order chi connectivity index (χ0) is 31.9. The molecular weight excluding hydrogens is 552 g/mol. The van der Waals surface area contributed by atoms with Crippen LogP contribution in [-0.2, 0) is 0 Å². The molecule has 0 amide bonds. The van der Waals surface area contributed by atoms with Gasteiger partial charge in [-0.1, -0.05) is 102 Å². The fourth-order valence-electron chi connectivity index (χ4n) is 6.22. The van der Waals surface area contributed by atoms with Gasteiger partial charge in [-0.3, -0.25) is 20.2 Å². The van der Waals surface area contributed by atoms with Crippen LogP contribution in [0.5, 0.6) is 0 Å². The van der Waals surface area contributed by atoms with Crippen molar-refractivity contribution in [2.24, 2.45) is 11.8 Å². The van der Waals surface area contributed by atoms with E-state index in [1.54, 1.807) is 38.1 Å². The van der Waals surface area contributed by atoms with Gasteiger partial charge in [-0.05, 0) is 51.9 Å². The van der Waals surface area contributed by atoms with Crippen LogP contribution in [0.2, 0.25) is 0 Å². The molecule has 6 unspecified atom stereocenters. The lowest BCUT2D eigenvalue weighted by molar-refractivity contribution is 0.0751. The molecule has 1 aromatic carbocycles. The number of hydrogen-bond donors (Lipinski definition) is 6. The van der Waals surface area contributed by atoms with E-state index in [1.165, 1.54) is 51.4 Å². The summed E-state index contributed by atoms with van der Waals surface area (Å²) in [4.78, 5) is 28.0. The predicted octanol–water partition coefficient (Wildman–Crippen LogP) is 5.57. The minimum atomic E-state index is -0.754. The number of benzene rings is 1. The number of rotatable bonds is 22. The number of aliphatic hydroxyl groups is 2. The third kappa shape index (κ3) is 10.3. The lowest BCUT2D eigenvalue weighted by Crippen LogP contribution is -2.55. The van der Waals surface area contributed by atoms with E-state index in [1.807, 2.05) is 12.2 Å². The van der Waals surface area contributed by atoms with Crippen molar-refractivity contribution in [1.29, 1.82) is 0 Å². The van der Waals surface area contributed by atoms with E-state index in [9.17, 15) is 19.8 Å². The lowest BCUT2D eigenvalue weighted by Gasteiger charge is -2.39. The molecule has 8 nitrogen and oxygen atoms in total. The molecule has 3 rings (SSSR count). The number of aliphatic hydroxyl groups excluding tert-OH is 2. The smallest absolute Gasteiger partial charge is 0.173 e. The van der Waals surface area contributed by atoms with Crippen molar-refractivity contribution in [3.63, 3.8) is 0 Å². The Balaban J connectivity index is 1.77.